The fourth-order valence-corrected chi connectivity index (χ4v) is 2.04. The molecule has 0 saturated heterocycles. The van der Waals surface area contributed by atoms with Crippen LogP contribution in [0.2, 0.25) is 0 Å². The molecule has 2 rings (SSSR count). The van der Waals surface area contributed by atoms with E-state index in [4.69, 9.17) is 0 Å². The Morgan fingerprint density at radius 1 is 1.25 bits per heavy atom. The van der Waals surface area contributed by atoms with Crippen LogP contribution in [0.1, 0.15) is 24.8 Å². The fraction of sp³-hybridized carbons (Fsp3) is 0.357. The van der Waals surface area contributed by atoms with E-state index in [0.29, 0.717) is 18.4 Å². The maximum atomic E-state index is 11.4. The molecule has 0 bridgehead atoms. The summed E-state index contributed by atoms with van der Waals surface area (Å²) in [4.78, 5) is 11.4. The highest BCUT2D eigenvalue weighted by atomic mass is 16.3. The van der Waals surface area contributed by atoms with Crippen LogP contribution in [0.5, 0.6) is 0 Å². The van der Waals surface area contributed by atoms with Crippen LogP contribution in [0.15, 0.2) is 42.0 Å². The third kappa shape index (κ3) is 2.58. The Morgan fingerprint density at radius 3 is 2.62 bits per heavy atom. The maximum Gasteiger partial charge on any atom is 0.161 e. The van der Waals surface area contributed by atoms with Crippen molar-refractivity contribution in [2.75, 3.05) is 0 Å². The minimum Gasteiger partial charge on any atom is -0.388 e. The Kier molecular flexibility index (Phi) is 3.52. The van der Waals surface area contributed by atoms with Gasteiger partial charge in [0.1, 0.15) is 0 Å². The molecule has 0 radical (unpaired) electrons. The van der Waals surface area contributed by atoms with Crippen LogP contribution in [0, 0.1) is 0 Å². The summed E-state index contributed by atoms with van der Waals surface area (Å²) in [6.45, 7) is 0. The molecule has 0 saturated carbocycles. The van der Waals surface area contributed by atoms with Gasteiger partial charge in [0, 0.05) is 12.0 Å². The molecule has 0 aliphatic heterocycles. The lowest BCUT2D eigenvalue weighted by Gasteiger charge is -2.10. The number of carbonyl (C=O) groups excluding carboxylic acids is 1. The lowest BCUT2D eigenvalue weighted by Crippen LogP contribution is -2.15. The molecule has 0 spiro atoms. The number of aliphatic hydroxyl groups is 1. The first-order valence-corrected chi connectivity index (χ1v) is 5.72. The standard InChI is InChI=1S/C14H16O2/c15-13-8-4-7-12(13)14(16)10-9-11-5-2-1-3-6-11/h1-3,5-7,14,16H,4,8-10H2/t14-/m0/s1. The van der Waals surface area contributed by atoms with Crippen molar-refractivity contribution in [2.45, 2.75) is 31.8 Å². The molecular weight excluding hydrogens is 200 g/mol. The first-order chi connectivity index (χ1) is 7.77. The number of benzene rings is 1. The van der Waals surface area contributed by atoms with Gasteiger partial charge in [-0.05, 0) is 24.8 Å². The lowest BCUT2D eigenvalue weighted by atomic mass is 10.0. The number of ketones is 1. The second-order valence-corrected chi connectivity index (χ2v) is 4.16. The molecule has 1 N–H and O–H groups in total. The smallest absolute Gasteiger partial charge is 0.161 e. The van der Waals surface area contributed by atoms with Gasteiger partial charge in [-0.2, -0.15) is 0 Å². The summed E-state index contributed by atoms with van der Waals surface area (Å²) in [7, 11) is 0. The summed E-state index contributed by atoms with van der Waals surface area (Å²) < 4.78 is 0. The van der Waals surface area contributed by atoms with Crippen molar-refractivity contribution in [3.05, 3.63) is 47.5 Å². The van der Waals surface area contributed by atoms with E-state index in [9.17, 15) is 9.90 Å². The topological polar surface area (TPSA) is 37.3 Å². The van der Waals surface area contributed by atoms with Crippen LogP contribution in [0.4, 0.5) is 0 Å². The molecule has 16 heavy (non-hydrogen) atoms. The van der Waals surface area contributed by atoms with Crippen molar-refractivity contribution in [3.63, 3.8) is 0 Å². The van der Waals surface area contributed by atoms with Crippen LogP contribution < -0.4 is 0 Å². The van der Waals surface area contributed by atoms with E-state index in [-0.39, 0.29) is 5.78 Å². The van der Waals surface area contributed by atoms with Crippen molar-refractivity contribution in [1.82, 2.24) is 0 Å². The van der Waals surface area contributed by atoms with Crippen LogP contribution in [-0.4, -0.2) is 17.0 Å². The highest BCUT2D eigenvalue weighted by molar-refractivity contribution is 5.98. The Morgan fingerprint density at radius 2 is 2.00 bits per heavy atom. The number of Topliss-reactive ketones (excluding diaryl/α,β-unsaturated/α-hetero) is 1. The van der Waals surface area contributed by atoms with Crippen molar-refractivity contribution in [2.24, 2.45) is 0 Å². The average Bonchev–Trinajstić information content (AvgIpc) is 2.74. The molecule has 2 heteroatoms. The van der Waals surface area contributed by atoms with Crippen molar-refractivity contribution in [3.8, 4) is 0 Å². The zero-order valence-corrected chi connectivity index (χ0v) is 9.23. The summed E-state index contributed by atoms with van der Waals surface area (Å²) in [5, 5.41) is 9.89. The Bertz CT molecular complexity index is 392. The number of hydrogen-bond acceptors (Lipinski definition) is 2. The van der Waals surface area contributed by atoms with Gasteiger partial charge >= 0.3 is 0 Å². The molecule has 0 unspecified atom stereocenters. The monoisotopic (exact) mass is 216 g/mol. The number of aryl methyl sites for hydroxylation is 1. The van der Waals surface area contributed by atoms with Crippen LogP contribution >= 0.6 is 0 Å². The molecule has 1 aliphatic rings. The van der Waals surface area contributed by atoms with Crippen molar-refractivity contribution >= 4 is 5.78 Å². The maximum absolute atomic E-state index is 11.4. The molecule has 1 aliphatic carbocycles. The molecule has 1 aromatic carbocycles. The van der Waals surface area contributed by atoms with Crippen molar-refractivity contribution in [1.29, 1.82) is 0 Å². The molecule has 1 atom stereocenters. The minimum absolute atomic E-state index is 0.112. The quantitative estimate of drug-likeness (QED) is 0.838. The molecule has 1 aromatic rings. The van der Waals surface area contributed by atoms with Crippen LogP contribution in [-0.2, 0) is 11.2 Å². The molecule has 0 heterocycles. The highest BCUT2D eigenvalue weighted by Crippen LogP contribution is 2.20. The third-order valence-corrected chi connectivity index (χ3v) is 2.97. The highest BCUT2D eigenvalue weighted by Gasteiger charge is 2.21. The van der Waals surface area contributed by atoms with Gasteiger partial charge in [0.25, 0.3) is 0 Å². The minimum atomic E-state index is -0.588. The summed E-state index contributed by atoms with van der Waals surface area (Å²) >= 11 is 0. The van der Waals surface area contributed by atoms with Gasteiger partial charge in [-0.1, -0.05) is 36.4 Å². The van der Waals surface area contributed by atoms with E-state index in [0.717, 1.165) is 12.8 Å². The Hall–Kier alpha value is -1.41. The molecule has 0 aromatic heterocycles. The number of rotatable bonds is 4. The summed E-state index contributed by atoms with van der Waals surface area (Å²) in [5.41, 5.74) is 1.82. The normalized spacial score (nSPS) is 17.3. The number of allylic oxidation sites excluding steroid dienone is 1. The Labute approximate surface area is 95.6 Å². The first-order valence-electron chi connectivity index (χ1n) is 5.72. The van der Waals surface area contributed by atoms with E-state index < -0.39 is 6.10 Å². The summed E-state index contributed by atoms with van der Waals surface area (Å²) in [5.74, 6) is 0.112. The molecule has 2 nitrogen and oxygen atoms in total. The van der Waals surface area contributed by atoms with Crippen LogP contribution in [0.25, 0.3) is 0 Å². The third-order valence-electron chi connectivity index (χ3n) is 2.97. The van der Waals surface area contributed by atoms with E-state index in [1.54, 1.807) is 0 Å². The Balaban J connectivity index is 1.89. The average molecular weight is 216 g/mol. The van der Waals surface area contributed by atoms with E-state index in [1.165, 1.54) is 5.56 Å². The van der Waals surface area contributed by atoms with Crippen LogP contribution in [0.3, 0.4) is 0 Å². The molecule has 0 amide bonds. The van der Waals surface area contributed by atoms with Gasteiger partial charge in [0.05, 0.1) is 6.10 Å². The molecule has 84 valence electrons. The van der Waals surface area contributed by atoms with E-state index >= 15 is 0 Å². The summed E-state index contributed by atoms with van der Waals surface area (Å²) in [6, 6.07) is 10.0. The van der Waals surface area contributed by atoms with Gasteiger partial charge in [0.15, 0.2) is 5.78 Å². The second-order valence-electron chi connectivity index (χ2n) is 4.16. The molecule has 0 fully saturated rings. The first kappa shape index (κ1) is 11.1. The van der Waals surface area contributed by atoms with Gasteiger partial charge in [0.2, 0.25) is 0 Å². The zero-order valence-electron chi connectivity index (χ0n) is 9.23. The van der Waals surface area contributed by atoms with Crippen molar-refractivity contribution < 1.29 is 9.90 Å². The second kappa shape index (κ2) is 5.08. The lowest BCUT2D eigenvalue weighted by molar-refractivity contribution is -0.115. The van der Waals surface area contributed by atoms with E-state index in [2.05, 4.69) is 0 Å². The summed E-state index contributed by atoms with van der Waals surface area (Å²) in [6.07, 6.45) is 4.08. The fourth-order valence-electron chi connectivity index (χ4n) is 2.04. The van der Waals surface area contributed by atoms with E-state index in [1.807, 2.05) is 36.4 Å². The number of carbonyl (C=O) groups is 1. The van der Waals surface area contributed by atoms with Gasteiger partial charge in [-0.25, -0.2) is 0 Å². The zero-order chi connectivity index (χ0) is 11.4. The SMILES string of the molecule is O=C1CCC=C1[C@@H](O)CCc1ccccc1. The number of aliphatic hydroxyl groups excluding tert-OH is 1. The number of hydrogen-bond donors (Lipinski definition) is 1. The predicted octanol–water partition coefficient (Wildman–Crippen LogP) is 2.27. The van der Waals surface area contributed by atoms with Gasteiger partial charge in [-0.3, -0.25) is 4.79 Å². The van der Waals surface area contributed by atoms with Gasteiger partial charge < -0.3 is 5.11 Å². The predicted molar refractivity (Wildman–Crippen MR) is 63.1 cm³/mol. The largest absolute Gasteiger partial charge is 0.388 e. The molecular formula is C14H16O2. The van der Waals surface area contributed by atoms with Gasteiger partial charge in [-0.15, -0.1) is 0 Å².